The molecule has 0 bridgehead atoms. The molecule has 4 N–H and O–H groups in total. The molecule has 0 aliphatic carbocycles. The highest BCUT2D eigenvalue weighted by Gasteiger charge is 2.16. The van der Waals surface area contributed by atoms with Gasteiger partial charge in [0.2, 0.25) is 0 Å². The normalized spacial score (nSPS) is 12.8. The largest absolute Gasteiger partial charge is 0.497 e. The molecule has 2 aromatic heterocycles. The second-order valence-electron chi connectivity index (χ2n) is 6.55. The van der Waals surface area contributed by atoms with E-state index < -0.39 is 0 Å². The Kier molecular flexibility index (Phi) is 5.04. The fourth-order valence-electron chi connectivity index (χ4n) is 3.15. The number of ether oxygens (including phenoxy) is 1. The maximum atomic E-state index is 5.62. The molecule has 7 heteroatoms. The maximum absolute atomic E-state index is 5.62. The molecule has 0 saturated heterocycles. The fraction of sp³-hybridized carbons (Fsp3) is 0.300. The van der Waals surface area contributed by atoms with Crippen molar-refractivity contribution in [3.8, 4) is 22.8 Å². The standard InChI is InChI=1S/C20H24N6O/c1-27-17-5-3-14(4-6-17)18-9-16(23-8-2-7-21)10-20(24-18)26-13-15-11-22-12-19(15)25-26/h3-6,9-10,13,22H,2,7-8,11-12,21H2,1H3,(H,23,24). The molecule has 1 aliphatic rings. The van der Waals surface area contributed by atoms with Gasteiger partial charge < -0.3 is 21.1 Å². The van der Waals surface area contributed by atoms with Crippen LogP contribution in [-0.2, 0) is 13.1 Å². The predicted octanol–water partition coefficient (Wildman–Crippen LogP) is 2.31. The number of hydrogen-bond acceptors (Lipinski definition) is 6. The van der Waals surface area contributed by atoms with Gasteiger partial charge in [0.1, 0.15) is 5.75 Å². The van der Waals surface area contributed by atoms with Crippen LogP contribution in [0, 0.1) is 0 Å². The van der Waals surface area contributed by atoms with Crippen LogP contribution in [0.4, 0.5) is 5.69 Å². The summed E-state index contributed by atoms with van der Waals surface area (Å²) in [7, 11) is 1.67. The zero-order valence-corrected chi connectivity index (χ0v) is 15.4. The minimum Gasteiger partial charge on any atom is -0.497 e. The lowest BCUT2D eigenvalue weighted by molar-refractivity contribution is 0.415. The number of aromatic nitrogens is 3. The molecule has 3 heterocycles. The third kappa shape index (κ3) is 3.79. The van der Waals surface area contributed by atoms with Gasteiger partial charge in [-0.05, 0) is 43.3 Å². The van der Waals surface area contributed by atoms with Crippen LogP contribution in [0.3, 0.4) is 0 Å². The Morgan fingerprint density at radius 1 is 1.22 bits per heavy atom. The summed E-state index contributed by atoms with van der Waals surface area (Å²) < 4.78 is 7.13. The Balaban J connectivity index is 1.71. The molecule has 0 radical (unpaired) electrons. The van der Waals surface area contributed by atoms with Crippen molar-refractivity contribution in [3.63, 3.8) is 0 Å². The van der Waals surface area contributed by atoms with E-state index in [9.17, 15) is 0 Å². The predicted molar refractivity (Wildman–Crippen MR) is 106 cm³/mol. The first-order valence-electron chi connectivity index (χ1n) is 9.16. The number of fused-ring (bicyclic) bond motifs is 1. The van der Waals surface area contributed by atoms with Gasteiger partial charge in [-0.3, -0.25) is 0 Å². The van der Waals surface area contributed by atoms with E-state index in [1.54, 1.807) is 7.11 Å². The molecule has 140 valence electrons. The average molecular weight is 364 g/mol. The van der Waals surface area contributed by atoms with Gasteiger partial charge in [-0.25, -0.2) is 9.67 Å². The number of rotatable bonds is 7. The van der Waals surface area contributed by atoms with Gasteiger partial charge >= 0.3 is 0 Å². The third-order valence-electron chi connectivity index (χ3n) is 4.63. The first-order valence-corrected chi connectivity index (χ1v) is 9.16. The van der Waals surface area contributed by atoms with Crippen molar-refractivity contribution in [2.45, 2.75) is 19.5 Å². The van der Waals surface area contributed by atoms with Gasteiger partial charge in [0.25, 0.3) is 0 Å². The molecular formula is C20H24N6O. The number of nitrogens with two attached hydrogens (primary N) is 1. The second-order valence-corrected chi connectivity index (χ2v) is 6.55. The zero-order chi connectivity index (χ0) is 18.6. The molecule has 0 fully saturated rings. The van der Waals surface area contributed by atoms with Crippen LogP contribution in [0.25, 0.3) is 17.1 Å². The average Bonchev–Trinajstić information content (AvgIpc) is 3.30. The summed E-state index contributed by atoms with van der Waals surface area (Å²) >= 11 is 0. The summed E-state index contributed by atoms with van der Waals surface area (Å²) in [6, 6.07) is 12.0. The quantitative estimate of drug-likeness (QED) is 0.558. The molecule has 0 spiro atoms. The van der Waals surface area contributed by atoms with E-state index in [2.05, 4.69) is 28.0 Å². The second kappa shape index (κ2) is 7.77. The summed E-state index contributed by atoms with van der Waals surface area (Å²) in [6.07, 6.45) is 2.97. The number of hydrogen-bond donors (Lipinski definition) is 3. The molecule has 27 heavy (non-hydrogen) atoms. The van der Waals surface area contributed by atoms with E-state index in [4.69, 9.17) is 15.5 Å². The van der Waals surface area contributed by atoms with Crippen LogP contribution in [0.1, 0.15) is 17.7 Å². The number of nitrogens with zero attached hydrogens (tertiary/aromatic N) is 3. The van der Waals surface area contributed by atoms with E-state index in [1.165, 1.54) is 5.56 Å². The van der Waals surface area contributed by atoms with Gasteiger partial charge in [0.15, 0.2) is 5.82 Å². The fourth-order valence-corrected chi connectivity index (χ4v) is 3.15. The molecule has 0 atom stereocenters. The summed E-state index contributed by atoms with van der Waals surface area (Å²) in [6.45, 7) is 3.15. The van der Waals surface area contributed by atoms with Crippen molar-refractivity contribution in [1.29, 1.82) is 0 Å². The first-order chi connectivity index (χ1) is 13.3. The molecule has 1 aliphatic heterocycles. The highest BCUT2D eigenvalue weighted by atomic mass is 16.5. The van der Waals surface area contributed by atoms with Crippen molar-refractivity contribution in [2.75, 3.05) is 25.5 Å². The summed E-state index contributed by atoms with van der Waals surface area (Å²) in [5.74, 6) is 1.63. The lowest BCUT2D eigenvalue weighted by Crippen LogP contribution is -2.10. The topological polar surface area (TPSA) is 90.0 Å². The number of nitrogens with one attached hydrogen (secondary N) is 2. The Labute approximate surface area is 158 Å². The molecular weight excluding hydrogens is 340 g/mol. The van der Waals surface area contributed by atoms with Crippen molar-refractivity contribution in [2.24, 2.45) is 5.73 Å². The Bertz CT molecular complexity index is 897. The molecule has 7 nitrogen and oxygen atoms in total. The van der Waals surface area contributed by atoms with Gasteiger partial charge in [-0.1, -0.05) is 0 Å². The minimum atomic E-state index is 0.662. The van der Waals surface area contributed by atoms with E-state index in [0.717, 1.165) is 60.3 Å². The molecule has 4 rings (SSSR count). The van der Waals surface area contributed by atoms with E-state index in [-0.39, 0.29) is 0 Å². The van der Waals surface area contributed by atoms with Crippen LogP contribution < -0.4 is 21.1 Å². The van der Waals surface area contributed by atoms with Crippen LogP contribution in [0.5, 0.6) is 5.75 Å². The smallest absolute Gasteiger partial charge is 0.156 e. The van der Waals surface area contributed by atoms with Gasteiger partial charge in [-0.2, -0.15) is 5.10 Å². The minimum absolute atomic E-state index is 0.662. The maximum Gasteiger partial charge on any atom is 0.156 e. The van der Waals surface area contributed by atoms with Crippen LogP contribution >= 0.6 is 0 Å². The third-order valence-corrected chi connectivity index (χ3v) is 4.63. The lowest BCUT2D eigenvalue weighted by Gasteiger charge is -2.12. The highest BCUT2D eigenvalue weighted by Crippen LogP contribution is 2.26. The molecule has 3 aromatic rings. The zero-order valence-electron chi connectivity index (χ0n) is 15.4. The van der Waals surface area contributed by atoms with Crippen molar-refractivity contribution < 1.29 is 4.74 Å². The molecule has 0 amide bonds. The summed E-state index contributed by atoms with van der Waals surface area (Å²) in [5.41, 5.74) is 10.9. The number of anilines is 1. The molecule has 0 saturated carbocycles. The van der Waals surface area contributed by atoms with Crippen molar-refractivity contribution >= 4 is 5.69 Å². The highest BCUT2D eigenvalue weighted by molar-refractivity contribution is 5.67. The van der Waals surface area contributed by atoms with Crippen molar-refractivity contribution in [1.82, 2.24) is 20.1 Å². The van der Waals surface area contributed by atoms with Gasteiger partial charge in [-0.15, -0.1) is 0 Å². The summed E-state index contributed by atoms with van der Waals surface area (Å²) in [4.78, 5) is 4.85. The van der Waals surface area contributed by atoms with Gasteiger partial charge in [0, 0.05) is 48.7 Å². The van der Waals surface area contributed by atoms with Crippen molar-refractivity contribution in [3.05, 3.63) is 53.9 Å². The monoisotopic (exact) mass is 364 g/mol. The van der Waals surface area contributed by atoms with E-state index in [1.807, 2.05) is 35.0 Å². The molecule has 1 aromatic carbocycles. The summed E-state index contributed by atoms with van der Waals surface area (Å²) in [5, 5.41) is 11.4. The van der Waals surface area contributed by atoms with Crippen LogP contribution in [0.15, 0.2) is 42.6 Å². The number of benzene rings is 1. The molecule has 0 unspecified atom stereocenters. The number of pyridine rings is 1. The number of methoxy groups -OCH3 is 1. The first kappa shape index (κ1) is 17.5. The SMILES string of the molecule is COc1ccc(-c2cc(NCCCN)cc(-n3cc4c(n3)CNC4)n2)cc1. The Hall–Kier alpha value is -2.90. The van der Waals surface area contributed by atoms with E-state index >= 15 is 0 Å². The van der Waals surface area contributed by atoms with Gasteiger partial charge in [0.05, 0.1) is 18.5 Å². The lowest BCUT2D eigenvalue weighted by atomic mass is 10.1. The van der Waals surface area contributed by atoms with Crippen LogP contribution in [-0.4, -0.2) is 35.0 Å². The Morgan fingerprint density at radius 2 is 2.07 bits per heavy atom. The van der Waals surface area contributed by atoms with E-state index in [0.29, 0.717) is 6.54 Å². The Morgan fingerprint density at radius 3 is 2.81 bits per heavy atom. The van der Waals surface area contributed by atoms with Crippen LogP contribution in [0.2, 0.25) is 0 Å².